The lowest BCUT2D eigenvalue weighted by atomic mass is 9.75. The molecule has 0 aromatic carbocycles. The van der Waals surface area contributed by atoms with E-state index in [0.717, 1.165) is 36.4 Å². The molecule has 3 rings (SSSR count). The lowest BCUT2D eigenvalue weighted by Crippen LogP contribution is -2.27. The van der Waals surface area contributed by atoms with Gasteiger partial charge in [0.25, 0.3) is 0 Å². The van der Waals surface area contributed by atoms with Crippen molar-refractivity contribution in [3.8, 4) is 0 Å². The Hall–Kier alpha value is -1.13. The van der Waals surface area contributed by atoms with Gasteiger partial charge in [-0.1, -0.05) is 13.8 Å². The molecule has 0 aliphatic heterocycles. The molecule has 0 amide bonds. The number of nitrogens with zero attached hydrogens (tertiary/aromatic N) is 2. The number of aliphatic hydroxyl groups is 1. The molecule has 0 bridgehead atoms. The average molecular weight is 304 g/mol. The minimum absolute atomic E-state index is 0.173. The molecule has 0 saturated heterocycles. The van der Waals surface area contributed by atoms with E-state index in [1.54, 1.807) is 11.3 Å². The lowest BCUT2D eigenvalue weighted by Gasteiger charge is -2.34. The van der Waals surface area contributed by atoms with E-state index in [4.69, 9.17) is 0 Å². The molecule has 21 heavy (non-hydrogen) atoms. The third-order valence-corrected chi connectivity index (χ3v) is 5.28. The summed E-state index contributed by atoms with van der Waals surface area (Å²) in [6, 6.07) is 2.17. The quantitative estimate of drug-likeness (QED) is 0.936. The summed E-state index contributed by atoms with van der Waals surface area (Å²) in [6.45, 7) is 9.64. The van der Waals surface area contributed by atoms with Crippen molar-refractivity contribution in [2.75, 3.05) is 0 Å². The molecule has 1 unspecified atom stereocenters. The molecular weight excluding hydrogens is 280 g/mol. The summed E-state index contributed by atoms with van der Waals surface area (Å²) in [7, 11) is 0. The Morgan fingerprint density at radius 2 is 2.19 bits per heavy atom. The first kappa shape index (κ1) is 14.8. The Morgan fingerprint density at radius 1 is 1.43 bits per heavy atom. The first-order chi connectivity index (χ1) is 9.85. The van der Waals surface area contributed by atoms with E-state index in [0.29, 0.717) is 0 Å². The summed E-state index contributed by atoms with van der Waals surface area (Å²) < 4.78 is 2.38. The molecule has 1 N–H and O–H groups in total. The predicted octanol–water partition coefficient (Wildman–Crippen LogP) is 3.81. The maximum Gasteiger partial charge on any atom is 0.0897 e. The van der Waals surface area contributed by atoms with E-state index >= 15 is 0 Å². The fourth-order valence-electron chi connectivity index (χ4n) is 3.46. The van der Waals surface area contributed by atoms with Crippen molar-refractivity contribution in [3.05, 3.63) is 39.1 Å². The van der Waals surface area contributed by atoms with Gasteiger partial charge in [-0.25, -0.2) is 4.98 Å². The van der Waals surface area contributed by atoms with Crippen molar-refractivity contribution in [2.45, 2.75) is 59.6 Å². The number of hydrogen-bond donors (Lipinski definition) is 1. The van der Waals surface area contributed by atoms with Crippen LogP contribution < -0.4 is 0 Å². The Kier molecular flexibility index (Phi) is 3.70. The lowest BCUT2D eigenvalue weighted by molar-refractivity contribution is 0.0979. The van der Waals surface area contributed by atoms with Crippen LogP contribution in [0.25, 0.3) is 0 Å². The van der Waals surface area contributed by atoms with Crippen LogP contribution in [0.5, 0.6) is 0 Å². The van der Waals surface area contributed by atoms with Crippen LogP contribution in [0.4, 0.5) is 0 Å². The van der Waals surface area contributed by atoms with Crippen LogP contribution in [0.3, 0.4) is 0 Å². The zero-order valence-electron chi connectivity index (χ0n) is 13.3. The van der Waals surface area contributed by atoms with Crippen molar-refractivity contribution in [1.29, 1.82) is 0 Å². The topological polar surface area (TPSA) is 38.0 Å². The summed E-state index contributed by atoms with van der Waals surface area (Å²) in [5, 5.41) is 13.7. The minimum Gasteiger partial charge on any atom is -0.388 e. The number of aromatic nitrogens is 2. The summed E-state index contributed by atoms with van der Waals surface area (Å²) in [6.07, 6.45) is 2.55. The average Bonchev–Trinajstić information content (AvgIpc) is 2.90. The van der Waals surface area contributed by atoms with Crippen molar-refractivity contribution in [1.82, 2.24) is 9.55 Å². The number of hydrogen-bond acceptors (Lipinski definition) is 3. The van der Waals surface area contributed by atoms with Gasteiger partial charge in [0, 0.05) is 35.3 Å². The normalized spacial score (nSPS) is 20.5. The van der Waals surface area contributed by atoms with Gasteiger partial charge in [0.2, 0.25) is 0 Å². The Morgan fingerprint density at radius 3 is 2.86 bits per heavy atom. The summed E-state index contributed by atoms with van der Waals surface area (Å²) in [4.78, 5) is 4.55. The molecular formula is C17H24N2OS. The molecule has 1 atom stereocenters. The zero-order chi connectivity index (χ0) is 15.2. The van der Waals surface area contributed by atoms with Crippen LogP contribution in [0.2, 0.25) is 0 Å². The highest BCUT2D eigenvalue weighted by Gasteiger charge is 2.33. The van der Waals surface area contributed by atoms with Crippen LogP contribution in [-0.2, 0) is 19.4 Å². The van der Waals surface area contributed by atoms with Crippen molar-refractivity contribution in [2.24, 2.45) is 5.41 Å². The fraction of sp³-hybridized carbons (Fsp3) is 0.588. The van der Waals surface area contributed by atoms with E-state index in [2.05, 4.69) is 48.7 Å². The summed E-state index contributed by atoms with van der Waals surface area (Å²) in [5.41, 5.74) is 5.06. The van der Waals surface area contributed by atoms with Crippen LogP contribution in [0.15, 0.2) is 11.4 Å². The Bertz CT molecular complexity index is 654. The van der Waals surface area contributed by atoms with Crippen molar-refractivity contribution in [3.63, 3.8) is 0 Å². The van der Waals surface area contributed by atoms with Gasteiger partial charge in [-0.05, 0) is 38.2 Å². The molecule has 1 aliphatic rings. The molecule has 0 radical (unpaired) electrons. The smallest absolute Gasteiger partial charge is 0.0897 e. The summed E-state index contributed by atoms with van der Waals surface area (Å²) >= 11 is 1.71. The third kappa shape index (κ3) is 2.92. The van der Waals surface area contributed by atoms with E-state index < -0.39 is 0 Å². The highest BCUT2D eigenvalue weighted by atomic mass is 32.1. The molecule has 2 aromatic rings. The highest BCUT2D eigenvalue weighted by Crippen LogP contribution is 2.41. The number of fused-ring (bicyclic) bond motifs is 1. The van der Waals surface area contributed by atoms with Gasteiger partial charge in [-0.2, -0.15) is 0 Å². The van der Waals surface area contributed by atoms with Crippen LogP contribution in [0.1, 0.15) is 54.0 Å². The fourth-order valence-corrected chi connectivity index (χ4v) is 4.11. The van der Waals surface area contributed by atoms with Crippen molar-refractivity contribution < 1.29 is 5.11 Å². The Labute approximate surface area is 130 Å². The molecule has 2 heterocycles. The molecule has 1 aliphatic carbocycles. The minimum atomic E-state index is -0.315. The summed E-state index contributed by atoms with van der Waals surface area (Å²) in [5.74, 6) is 0. The van der Waals surface area contributed by atoms with Gasteiger partial charge in [-0.3, -0.25) is 0 Å². The zero-order valence-corrected chi connectivity index (χ0v) is 14.1. The van der Waals surface area contributed by atoms with E-state index in [-0.39, 0.29) is 11.5 Å². The second kappa shape index (κ2) is 5.25. The van der Waals surface area contributed by atoms with Crippen molar-refractivity contribution >= 4 is 11.3 Å². The molecule has 114 valence electrons. The molecule has 4 heteroatoms. The third-order valence-electron chi connectivity index (χ3n) is 4.46. The first-order valence-electron chi connectivity index (χ1n) is 7.64. The second-order valence-corrected chi connectivity index (χ2v) is 8.07. The number of rotatable bonds is 3. The van der Waals surface area contributed by atoms with Gasteiger partial charge in [0.15, 0.2) is 0 Å². The Balaban J connectivity index is 1.86. The first-order valence-corrected chi connectivity index (χ1v) is 8.52. The van der Waals surface area contributed by atoms with E-state index in [9.17, 15) is 5.11 Å². The number of aliphatic hydroxyl groups excluding tert-OH is 1. The largest absolute Gasteiger partial charge is 0.388 e. The number of thiazole rings is 1. The molecule has 2 aromatic heterocycles. The monoisotopic (exact) mass is 304 g/mol. The maximum absolute atomic E-state index is 10.4. The maximum atomic E-state index is 10.4. The van der Waals surface area contributed by atoms with Gasteiger partial charge in [0.1, 0.15) is 0 Å². The van der Waals surface area contributed by atoms with E-state index in [1.807, 2.05) is 0 Å². The molecule has 3 nitrogen and oxygen atoms in total. The van der Waals surface area contributed by atoms with Gasteiger partial charge in [0.05, 0.1) is 16.8 Å². The van der Waals surface area contributed by atoms with Crippen LogP contribution in [0, 0.1) is 19.3 Å². The second-order valence-electron chi connectivity index (χ2n) is 7.01. The molecule has 0 saturated carbocycles. The van der Waals surface area contributed by atoms with Gasteiger partial charge in [-0.15, -0.1) is 11.3 Å². The van der Waals surface area contributed by atoms with Gasteiger partial charge < -0.3 is 9.67 Å². The molecule has 0 fully saturated rings. The standard InChI is InChI=1S/C17H24N2OS/c1-11-7-14-15(8-17(3,4)9-16(14)20)19(11)6-5-13-10-21-12(2)18-13/h7,10,16,20H,5-6,8-9H2,1-4H3. The van der Waals surface area contributed by atoms with E-state index in [1.165, 1.54) is 17.1 Å². The highest BCUT2D eigenvalue weighted by molar-refractivity contribution is 7.09. The van der Waals surface area contributed by atoms with Crippen LogP contribution in [-0.4, -0.2) is 14.7 Å². The SMILES string of the molecule is Cc1nc(CCn2c(C)cc3c2CC(C)(C)CC3O)cs1. The van der Waals surface area contributed by atoms with Gasteiger partial charge >= 0.3 is 0 Å². The molecule has 0 spiro atoms. The predicted molar refractivity (Wildman–Crippen MR) is 86.8 cm³/mol. The van der Waals surface area contributed by atoms with Crippen LogP contribution >= 0.6 is 11.3 Å². The number of aryl methyl sites for hydroxylation is 3.